The first-order valence-corrected chi connectivity index (χ1v) is 9.69. The molecule has 0 radical (unpaired) electrons. The number of rotatable bonds is 4. The molecule has 0 aromatic heterocycles. The van der Waals surface area contributed by atoms with Gasteiger partial charge in [0.05, 0.1) is 10.0 Å². The molecule has 3 rings (SSSR count). The summed E-state index contributed by atoms with van der Waals surface area (Å²) in [6.07, 6.45) is 2.39. The van der Waals surface area contributed by atoms with Gasteiger partial charge in [0.1, 0.15) is 4.90 Å². The van der Waals surface area contributed by atoms with E-state index in [9.17, 15) is 8.42 Å². The van der Waals surface area contributed by atoms with Crippen LogP contribution in [0.15, 0.2) is 53.4 Å². The van der Waals surface area contributed by atoms with Gasteiger partial charge in [-0.2, -0.15) is 4.31 Å². The van der Waals surface area contributed by atoms with Crippen LogP contribution in [0.2, 0.25) is 10.0 Å². The number of benzene rings is 2. The largest absolute Gasteiger partial charge is 0.246 e. The van der Waals surface area contributed by atoms with Crippen LogP contribution in [-0.4, -0.2) is 25.3 Å². The van der Waals surface area contributed by atoms with E-state index >= 15 is 0 Å². The second-order valence-electron chi connectivity index (χ2n) is 5.65. The molecular formula is C17H17Cl2NO2S. The minimum absolute atomic E-state index is 0.0169. The molecule has 1 aliphatic heterocycles. The zero-order chi connectivity index (χ0) is 16.4. The lowest BCUT2D eigenvalue weighted by Gasteiger charge is -2.25. The van der Waals surface area contributed by atoms with Crippen molar-refractivity contribution in [3.05, 3.63) is 64.1 Å². The minimum atomic E-state index is -3.70. The zero-order valence-electron chi connectivity index (χ0n) is 12.5. The summed E-state index contributed by atoms with van der Waals surface area (Å²) in [4.78, 5) is 0.0169. The second kappa shape index (κ2) is 6.81. The maximum Gasteiger partial charge on any atom is 0.246 e. The monoisotopic (exact) mass is 369 g/mol. The van der Waals surface area contributed by atoms with Crippen LogP contribution in [-0.2, 0) is 16.4 Å². The van der Waals surface area contributed by atoms with Gasteiger partial charge in [-0.25, -0.2) is 8.42 Å². The van der Waals surface area contributed by atoms with Crippen LogP contribution in [0.4, 0.5) is 0 Å². The summed E-state index contributed by atoms with van der Waals surface area (Å²) in [6, 6.07) is 14.6. The molecule has 0 spiro atoms. The Bertz CT molecular complexity index is 773. The predicted molar refractivity (Wildman–Crippen MR) is 93.5 cm³/mol. The molecule has 0 N–H and O–H groups in total. The van der Waals surface area contributed by atoms with E-state index in [4.69, 9.17) is 23.2 Å². The van der Waals surface area contributed by atoms with Crippen molar-refractivity contribution in [3.8, 4) is 0 Å². The topological polar surface area (TPSA) is 37.4 Å². The number of halogens is 2. The van der Waals surface area contributed by atoms with Gasteiger partial charge in [-0.15, -0.1) is 0 Å². The third-order valence-electron chi connectivity index (χ3n) is 4.12. The third kappa shape index (κ3) is 3.41. The highest BCUT2D eigenvalue weighted by atomic mass is 35.5. The Morgan fingerprint density at radius 2 is 1.65 bits per heavy atom. The van der Waals surface area contributed by atoms with Crippen molar-refractivity contribution >= 4 is 33.2 Å². The SMILES string of the molecule is O=S(=O)(c1c(Cl)cccc1Cl)N1CCCC1Cc1ccccc1. The smallest absolute Gasteiger partial charge is 0.207 e. The molecule has 122 valence electrons. The average Bonchev–Trinajstić information content (AvgIpc) is 2.97. The molecule has 1 heterocycles. The fourth-order valence-electron chi connectivity index (χ4n) is 3.06. The first kappa shape index (κ1) is 16.8. The highest BCUT2D eigenvalue weighted by Gasteiger charge is 2.37. The van der Waals surface area contributed by atoms with Gasteiger partial charge in [0, 0.05) is 12.6 Å². The van der Waals surface area contributed by atoms with Crippen molar-refractivity contribution in [2.24, 2.45) is 0 Å². The Kier molecular flexibility index (Phi) is 4.97. The van der Waals surface area contributed by atoms with Crippen LogP contribution in [0.3, 0.4) is 0 Å². The van der Waals surface area contributed by atoms with Crippen molar-refractivity contribution in [2.45, 2.75) is 30.2 Å². The lowest BCUT2D eigenvalue weighted by molar-refractivity contribution is 0.386. The molecule has 0 aliphatic carbocycles. The summed E-state index contributed by atoms with van der Waals surface area (Å²) in [7, 11) is -3.70. The highest BCUT2D eigenvalue weighted by Crippen LogP contribution is 2.35. The van der Waals surface area contributed by atoms with Gasteiger partial charge in [0.15, 0.2) is 0 Å². The van der Waals surface area contributed by atoms with Gasteiger partial charge < -0.3 is 0 Å². The third-order valence-corrected chi connectivity index (χ3v) is 7.03. The van der Waals surface area contributed by atoms with E-state index in [1.807, 2.05) is 30.3 Å². The summed E-state index contributed by atoms with van der Waals surface area (Å²) >= 11 is 12.2. The number of hydrogen-bond donors (Lipinski definition) is 0. The molecule has 1 saturated heterocycles. The first-order chi connectivity index (χ1) is 11.0. The van der Waals surface area contributed by atoms with E-state index < -0.39 is 10.0 Å². The Morgan fingerprint density at radius 3 is 2.30 bits per heavy atom. The van der Waals surface area contributed by atoms with E-state index in [-0.39, 0.29) is 21.0 Å². The number of hydrogen-bond acceptors (Lipinski definition) is 2. The normalized spacial score (nSPS) is 19.1. The average molecular weight is 370 g/mol. The van der Waals surface area contributed by atoms with Gasteiger partial charge in [0.25, 0.3) is 0 Å². The van der Waals surface area contributed by atoms with E-state index in [1.54, 1.807) is 22.5 Å². The van der Waals surface area contributed by atoms with Gasteiger partial charge in [-0.05, 0) is 37.0 Å². The zero-order valence-corrected chi connectivity index (χ0v) is 14.8. The molecule has 0 bridgehead atoms. The molecule has 0 saturated carbocycles. The van der Waals surface area contributed by atoms with Crippen LogP contribution in [0.25, 0.3) is 0 Å². The van der Waals surface area contributed by atoms with Crippen molar-refractivity contribution in [3.63, 3.8) is 0 Å². The molecule has 2 aromatic rings. The summed E-state index contributed by atoms with van der Waals surface area (Å²) in [5.74, 6) is 0. The van der Waals surface area contributed by atoms with Gasteiger partial charge in [0.2, 0.25) is 10.0 Å². The molecule has 1 fully saturated rings. The van der Waals surface area contributed by atoms with Gasteiger partial charge in [-0.1, -0.05) is 59.6 Å². The quantitative estimate of drug-likeness (QED) is 0.801. The number of sulfonamides is 1. The maximum absolute atomic E-state index is 13.0. The van der Waals surface area contributed by atoms with E-state index in [0.29, 0.717) is 13.0 Å². The molecule has 3 nitrogen and oxygen atoms in total. The molecule has 23 heavy (non-hydrogen) atoms. The lowest BCUT2D eigenvalue weighted by Crippen LogP contribution is -2.37. The van der Waals surface area contributed by atoms with Gasteiger partial charge in [-0.3, -0.25) is 0 Å². The van der Waals surface area contributed by atoms with Crippen molar-refractivity contribution < 1.29 is 8.42 Å². The molecule has 6 heteroatoms. The van der Waals surface area contributed by atoms with Crippen molar-refractivity contribution in [1.29, 1.82) is 0 Å². The standard InChI is InChI=1S/C17H17Cl2NO2S/c18-15-9-4-10-16(19)17(15)23(21,22)20-11-5-8-14(20)12-13-6-2-1-3-7-13/h1-4,6-7,9-10,14H,5,8,11-12H2. The molecule has 1 aliphatic rings. The second-order valence-corrected chi connectivity index (χ2v) is 8.29. The Morgan fingerprint density at radius 1 is 1.00 bits per heavy atom. The minimum Gasteiger partial charge on any atom is -0.207 e. The Hall–Kier alpha value is -1.07. The number of nitrogens with zero attached hydrogens (tertiary/aromatic N) is 1. The molecule has 0 amide bonds. The fourth-order valence-corrected chi connectivity index (χ4v) is 5.85. The Labute approximate surface area is 146 Å². The summed E-state index contributed by atoms with van der Waals surface area (Å²) in [5, 5.41) is 0.339. The first-order valence-electron chi connectivity index (χ1n) is 7.50. The van der Waals surface area contributed by atoms with E-state index in [0.717, 1.165) is 18.4 Å². The predicted octanol–water partition coefficient (Wildman–Crippen LogP) is 4.39. The molecule has 1 unspecified atom stereocenters. The van der Waals surface area contributed by atoms with Crippen LogP contribution in [0, 0.1) is 0 Å². The highest BCUT2D eigenvalue weighted by molar-refractivity contribution is 7.89. The fraction of sp³-hybridized carbons (Fsp3) is 0.294. The van der Waals surface area contributed by atoms with E-state index in [1.165, 1.54) is 0 Å². The van der Waals surface area contributed by atoms with Crippen LogP contribution in [0.1, 0.15) is 18.4 Å². The van der Waals surface area contributed by atoms with Crippen LogP contribution < -0.4 is 0 Å². The summed E-state index contributed by atoms with van der Waals surface area (Å²) < 4.78 is 27.6. The van der Waals surface area contributed by atoms with Crippen molar-refractivity contribution in [2.75, 3.05) is 6.54 Å². The molecule has 2 aromatic carbocycles. The van der Waals surface area contributed by atoms with Crippen LogP contribution >= 0.6 is 23.2 Å². The lowest BCUT2D eigenvalue weighted by atomic mass is 10.1. The molecule has 1 atom stereocenters. The maximum atomic E-state index is 13.0. The summed E-state index contributed by atoms with van der Waals surface area (Å²) in [5.41, 5.74) is 1.13. The van der Waals surface area contributed by atoms with Crippen LogP contribution in [0.5, 0.6) is 0 Å². The Balaban J connectivity index is 1.93. The van der Waals surface area contributed by atoms with Gasteiger partial charge >= 0.3 is 0 Å². The van der Waals surface area contributed by atoms with E-state index in [2.05, 4.69) is 0 Å². The van der Waals surface area contributed by atoms with Crippen molar-refractivity contribution in [1.82, 2.24) is 4.31 Å². The summed E-state index contributed by atoms with van der Waals surface area (Å²) in [6.45, 7) is 0.501. The molecular weight excluding hydrogens is 353 g/mol.